The summed E-state index contributed by atoms with van der Waals surface area (Å²) in [5, 5.41) is 9.56. The highest BCUT2D eigenvalue weighted by atomic mass is 16.4. The summed E-state index contributed by atoms with van der Waals surface area (Å²) in [7, 11) is 0. The molecule has 1 saturated heterocycles. The normalized spacial score (nSPS) is 20.8. The number of nitriles is 1. The summed E-state index contributed by atoms with van der Waals surface area (Å²) >= 11 is 0. The first kappa shape index (κ1) is 15.9. The van der Waals surface area contributed by atoms with E-state index in [-0.39, 0.29) is 11.5 Å². The van der Waals surface area contributed by atoms with Gasteiger partial charge in [-0.25, -0.2) is 0 Å². The minimum atomic E-state index is 0.0689. The number of nitrogens with zero attached hydrogens (tertiary/aromatic N) is 4. The molecule has 2 aliphatic heterocycles. The fourth-order valence-corrected chi connectivity index (χ4v) is 4.37. The van der Waals surface area contributed by atoms with Crippen LogP contribution in [0, 0.1) is 17.2 Å². The lowest BCUT2D eigenvalue weighted by atomic mass is 9.83. The minimum Gasteiger partial charge on any atom is -0.419 e. The number of hydrogen-bond donors (Lipinski definition) is 0. The quantitative estimate of drug-likeness (QED) is 0.704. The van der Waals surface area contributed by atoms with Crippen LogP contribution in [0.3, 0.4) is 0 Å². The third-order valence-corrected chi connectivity index (χ3v) is 5.50. The Morgan fingerprint density at radius 3 is 2.74 bits per heavy atom. The maximum Gasteiger partial charge on any atom is 0.250 e. The van der Waals surface area contributed by atoms with Gasteiger partial charge < -0.3 is 13.9 Å². The van der Waals surface area contributed by atoms with E-state index >= 15 is 0 Å². The summed E-state index contributed by atoms with van der Waals surface area (Å²) < 4.78 is 7.93. The van der Waals surface area contributed by atoms with Gasteiger partial charge in [0.1, 0.15) is 6.07 Å². The number of rotatable bonds is 2. The first-order valence-corrected chi connectivity index (χ1v) is 9.14. The Bertz CT molecular complexity index is 1090. The van der Waals surface area contributed by atoms with E-state index < -0.39 is 0 Å². The molecule has 3 aromatic rings. The van der Waals surface area contributed by atoms with E-state index in [1.54, 1.807) is 6.07 Å². The van der Waals surface area contributed by atoms with Gasteiger partial charge in [0.2, 0.25) is 17.5 Å². The van der Waals surface area contributed by atoms with Crippen molar-refractivity contribution in [1.29, 1.82) is 5.26 Å². The predicted octanol–water partition coefficient (Wildman–Crippen LogP) is 3.00. The van der Waals surface area contributed by atoms with Crippen molar-refractivity contribution in [3.63, 3.8) is 0 Å². The van der Waals surface area contributed by atoms with Gasteiger partial charge in [0.05, 0.1) is 0 Å². The zero-order valence-electron chi connectivity index (χ0n) is 14.7. The molecule has 0 N–H and O–H groups in total. The van der Waals surface area contributed by atoms with Gasteiger partial charge in [-0.3, -0.25) is 4.79 Å². The Kier molecular flexibility index (Phi) is 3.61. The molecule has 2 aromatic heterocycles. The molecule has 0 amide bonds. The first-order chi connectivity index (χ1) is 13.2. The van der Waals surface area contributed by atoms with E-state index in [1.165, 1.54) is 0 Å². The number of pyridine rings is 1. The topological polar surface area (TPSA) is 75.1 Å². The maximum atomic E-state index is 12.2. The summed E-state index contributed by atoms with van der Waals surface area (Å²) in [4.78, 5) is 18.7. The first-order valence-electron chi connectivity index (χ1n) is 9.14. The van der Waals surface area contributed by atoms with E-state index in [2.05, 4.69) is 16.0 Å². The fraction of sp³-hybridized carbons (Fsp3) is 0.286. The van der Waals surface area contributed by atoms with Crippen LogP contribution in [0.25, 0.3) is 11.5 Å². The molecule has 1 fully saturated rings. The van der Waals surface area contributed by atoms with E-state index in [0.717, 1.165) is 30.8 Å². The monoisotopic (exact) mass is 358 g/mol. The lowest BCUT2D eigenvalue weighted by molar-refractivity contribution is 0.275. The van der Waals surface area contributed by atoms with Crippen LogP contribution in [-0.4, -0.2) is 22.6 Å². The van der Waals surface area contributed by atoms with Crippen molar-refractivity contribution in [2.45, 2.75) is 18.9 Å². The van der Waals surface area contributed by atoms with Crippen LogP contribution in [0.1, 0.15) is 23.7 Å². The van der Waals surface area contributed by atoms with Crippen molar-refractivity contribution in [2.75, 3.05) is 18.0 Å². The third kappa shape index (κ3) is 2.63. The Morgan fingerprint density at radius 1 is 1.07 bits per heavy atom. The van der Waals surface area contributed by atoms with Crippen molar-refractivity contribution in [1.82, 2.24) is 9.55 Å². The Balaban J connectivity index is 1.51. The van der Waals surface area contributed by atoms with E-state index in [1.807, 2.05) is 47.0 Å². The second kappa shape index (κ2) is 6.13. The number of aromatic nitrogens is 2. The van der Waals surface area contributed by atoms with Crippen LogP contribution in [0.5, 0.6) is 0 Å². The molecule has 5 rings (SSSR count). The number of hydrogen-bond acceptors (Lipinski definition) is 5. The fourth-order valence-electron chi connectivity index (χ4n) is 4.37. The van der Waals surface area contributed by atoms with Crippen LogP contribution >= 0.6 is 0 Å². The second-order valence-electron chi connectivity index (χ2n) is 7.25. The summed E-state index contributed by atoms with van der Waals surface area (Å²) in [6.45, 7) is 2.19. The molecule has 0 aliphatic carbocycles. The molecule has 6 heteroatoms. The molecular weight excluding hydrogens is 340 g/mol. The molecule has 0 unspecified atom stereocenters. The summed E-state index contributed by atoms with van der Waals surface area (Å²) in [5.41, 5.74) is 2.32. The number of anilines is 1. The van der Waals surface area contributed by atoms with E-state index in [0.29, 0.717) is 29.9 Å². The highest BCUT2D eigenvalue weighted by Crippen LogP contribution is 2.38. The molecule has 2 aliphatic rings. The second-order valence-corrected chi connectivity index (χ2v) is 7.25. The van der Waals surface area contributed by atoms with Crippen LogP contribution in [-0.2, 0) is 6.54 Å². The van der Waals surface area contributed by atoms with Crippen molar-refractivity contribution >= 4 is 5.88 Å². The highest BCUT2D eigenvalue weighted by molar-refractivity contribution is 5.59. The van der Waals surface area contributed by atoms with E-state index in [4.69, 9.17) is 4.42 Å². The molecule has 2 atom stereocenters. The van der Waals surface area contributed by atoms with Gasteiger partial charge >= 0.3 is 0 Å². The van der Waals surface area contributed by atoms with Gasteiger partial charge in [-0.15, -0.1) is 0 Å². The number of benzene rings is 1. The molecule has 4 heterocycles. The molecule has 6 nitrogen and oxygen atoms in total. The SMILES string of the molecule is N#Cc1nc(-c2ccccc2)oc1N1C[C@@H]2C[C@H](C1)c1cccc(=O)n1C2. The number of piperidine rings is 1. The minimum absolute atomic E-state index is 0.0689. The zero-order chi connectivity index (χ0) is 18.4. The van der Waals surface area contributed by atoms with Crippen molar-refractivity contribution in [3.8, 4) is 17.5 Å². The van der Waals surface area contributed by atoms with Crippen LogP contribution in [0.15, 0.2) is 57.7 Å². The molecule has 0 radical (unpaired) electrons. The lowest BCUT2D eigenvalue weighted by Crippen LogP contribution is -2.47. The lowest BCUT2D eigenvalue weighted by Gasteiger charge is -2.42. The van der Waals surface area contributed by atoms with Gasteiger partial charge in [-0.2, -0.15) is 10.2 Å². The van der Waals surface area contributed by atoms with Crippen molar-refractivity contribution < 1.29 is 4.42 Å². The van der Waals surface area contributed by atoms with Crippen molar-refractivity contribution in [2.24, 2.45) is 5.92 Å². The van der Waals surface area contributed by atoms with E-state index in [9.17, 15) is 10.1 Å². The third-order valence-electron chi connectivity index (χ3n) is 5.50. The van der Waals surface area contributed by atoms with Crippen LogP contribution in [0.4, 0.5) is 5.88 Å². The Hall–Kier alpha value is -3.33. The molecule has 0 saturated carbocycles. The molecule has 1 aromatic carbocycles. The van der Waals surface area contributed by atoms with Gasteiger partial charge in [-0.1, -0.05) is 24.3 Å². The molecule has 134 valence electrons. The summed E-state index contributed by atoms with van der Waals surface area (Å²) in [5.74, 6) is 1.61. The highest BCUT2D eigenvalue weighted by Gasteiger charge is 2.36. The Labute approximate surface area is 156 Å². The summed E-state index contributed by atoms with van der Waals surface area (Å²) in [6.07, 6.45) is 1.06. The average molecular weight is 358 g/mol. The standard InChI is InChI=1S/C21H18N4O2/c22-10-17-21(27-20(23-17)15-5-2-1-3-6-15)24-11-14-9-16(13-24)18-7-4-8-19(26)25(18)12-14/h1-8,14,16H,9,11-13H2/t14-,16+/m0/s1. The molecule has 27 heavy (non-hydrogen) atoms. The Morgan fingerprint density at radius 2 is 1.93 bits per heavy atom. The van der Waals surface area contributed by atoms with Crippen molar-refractivity contribution in [3.05, 3.63) is 70.3 Å². The van der Waals surface area contributed by atoms with Gasteiger partial charge in [0.15, 0.2) is 0 Å². The van der Waals surface area contributed by atoms with Gasteiger partial charge in [-0.05, 0) is 30.5 Å². The van der Waals surface area contributed by atoms with Gasteiger partial charge in [0.25, 0.3) is 5.56 Å². The van der Waals surface area contributed by atoms with Crippen LogP contribution in [0.2, 0.25) is 0 Å². The largest absolute Gasteiger partial charge is 0.419 e. The number of fused-ring (bicyclic) bond motifs is 4. The molecule has 2 bridgehead atoms. The smallest absolute Gasteiger partial charge is 0.250 e. The van der Waals surface area contributed by atoms with Gasteiger partial charge in [0, 0.05) is 42.9 Å². The molecular formula is C21H18N4O2. The number of oxazole rings is 1. The predicted molar refractivity (Wildman–Crippen MR) is 100 cm³/mol. The average Bonchev–Trinajstić information content (AvgIpc) is 3.14. The molecule has 0 spiro atoms. The maximum absolute atomic E-state index is 12.2. The zero-order valence-corrected chi connectivity index (χ0v) is 14.7. The van der Waals surface area contributed by atoms with Crippen LogP contribution < -0.4 is 10.5 Å². The summed E-state index contributed by atoms with van der Waals surface area (Å²) in [6, 6.07) is 17.3.